The fourth-order valence-corrected chi connectivity index (χ4v) is 3.02. The van der Waals surface area contributed by atoms with Crippen LogP contribution in [-0.2, 0) is 11.2 Å². The number of nitrogens with zero attached hydrogens (tertiary/aromatic N) is 3. The van der Waals surface area contributed by atoms with Gasteiger partial charge in [-0.05, 0) is 24.6 Å². The number of fused-ring (bicyclic) bond motifs is 1. The lowest BCUT2D eigenvalue weighted by Crippen LogP contribution is -2.26. The number of hydrogen-bond acceptors (Lipinski definition) is 7. The third-order valence-electron chi connectivity index (χ3n) is 4.54. The molecule has 4 rings (SSSR count). The summed E-state index contributed by atoms with van der Waals surface area (Å²) in [6.45, 7) is 1.12. The lowest BCUT2D eigenvalue weighted by Gasteiger charge is -2.08. The summed E-state index contributed by atoms with van der Waals surface area (Å²) in [7, 11) is 0. The third kappa shape index (κ3) is 4.54. The van der Waals surface area contributed by atoms with E-state index >= 15 is 0 Å². The van der Waals surface area contributed by atoms with Gasteiger partial charge in [-0.1, -0.05) is 23.4 Å². The van der Waals surface area contributed by atoms with Gasteiger partial charge in [0.1, 0.15) is 0 Å². The van der Waals surface area contributed by atoms with Crippen LogP contribution < -0.4 is 16.2 Å². The predicted octanol–water partition coefficient (Wildman–Crippen LogP) is 1.85. The average molecular weight is 407 g/mol. The molecule has 0 atom stereocenters. The molecule has 0 saturated heterocycles. The summed E-state index contributed by atoms with van der Waals surface area (Å²) >= 11 is 0. The molecule has 0 bridgehead atoms. The van der Waals surface area contributed by atoms with Gasteiger partial charge in [-0.2, -0.15) is 10.1 Å². The van der Waals surface area contributed by atoms with Crippen LogP contribution in [0, 0.1) is 0 Å². The van der Waals surface area contributed by atoms with Gasteiger partial charge in [-0.15, -0.1) is 0 Å². The molecule has 0 unspecified atom stereocenters. The molecule has 1 amide bonds. The van der Waals surface area contributed by atoms with Gasteiger partial charge >= 0.3 is 0 Å². The molecule has 154 valence electrons. The van der Waals surface area contributed by atoms with Crippen molar-refractivity contribution < 1.29 is 9.32 Å². The molecule has 10 nitrogen and oxygen atoms in total. The van der Waals surface area contributed by atoms with Gasteiger partial charge in [0.2, 0.25) is 17.6 Å². The first-order valence-electron chi connectivity index (χ1n) is 9.65. The molecule has 0 aliphatic carbocycles. The Labute approximate surface area is 171 Å². The topological polar surface area (TPSA) is 142 Å². The van der Waals surface area contributed by atoms with Crippen LogP contribution in [-0.4, -0.2) is 44.3 Å². The van der Waals surface area contributed by atoms with E-state index in [1.807, 2.05) is 30.3 Å². The third-order valence-corrected chi connectivity index (χ3v) is 4.54. The molecule has 0 radical (unpaired) electrons. The molecule has 0 aliphatic rings. The Morgan fingerprint density at radius 3 is 2.80 bits per heavy atom. The summed E-state index contributed by atoms with van der Waals surface area (Å²) in [5.41, 5.74) is 0.552. The second kappa shape index (κ2) is 9.03. The number of aryl methyl sites for hydroxylation is 1. The van der Waals surface area contributed by atoms with Crippen molar-refractivity contribution in [2.75, 3.05) is 18.4 Å². The maximum absolute atomic E-state index is 12.0. The maximum Gasteiger partial charge on any atom is 0.272 e. The smallest absolute Gasteiger partial charge is 0.272 e. The second-order valence-corrected chi connectivity index (χ2v) is 6.67. The Balaban J connectivity index is 1.18. The molecule has 0 saturated carbocycles. The minimum Gasteiger partial charge on any atom is -0.368 e. The van der Waals surface area contributed by atoms with E-state index in [2.05, 4.69) is 36.0 Å². The number of amides is 1. The summed E-state index contributed by atoms with van der Waals surface area (Å²) in [5, 5.41) is 17.9. The van der Waals surface area contributed by atoms with E-state index in [4.69, 9.17) is 4.52 Å². The summed E-state index contributed by atoms with van der Waals surface area (Å²) in [5.74, 6) is 1.44. The van der Waals surface area contributed by atoms with Crippen LogP contribution in [0.3, 0.4) is 0 Å². The monoisotopic (exact) mass is 407 g/mol. The highest BCUT2D eigenvalue weighted by atomic mass is 16.5. The molecule has 3 heterocycles. The zero-order chi connectivity index (χ0) is 20.8. The number of benzene rings is 1. The molecule has 4 aromatic rings. The summed E-state index contributed by atoms with van der Waals surface area (Å²) < 4.78 is 5.17. The van der Waals surface area contributed by atoms with Gasteiger partial charge in [0.25, 0.3) is 5.56 Å². The number of aromatic nitrogens is 5. The van der Waals surface area contributed by atoms with Crippen molar-refractivity contribution in [1.82, 2.24) is 30.6 Å². The van der Waals surface area contributed by atoms with Crippen molar-refractivity contribution in [3.05, 3.63) is 58.8 Å². The SMILES string of the molecule is O=C(CCc1nc(-c2ccc[nH]2)no1)NCCCNc1n[nH]c(=O)c2ccccc12. The molecular weight excluding hydrogens is 386 g/mol. The van der Waals surface area contributed by atoms with Gasteiger partial charge in [-0.25, -0.2) is 5.10 Å². The normalized spacial score (nSPS) is 10.9. The van der Waals surface area contributed by atoms with E-state index in [1.165, 1.54) is 0 Å². The Morgan fingerprint density at radius 1 is 1.10 bits per heavy atom. The molecule has 3 aromatic heterocycles. The van der Waals surface area contributed by atoms with Crippen LogP contribution in [0.2, 0.25) is 0 Å². The first-order chi connectivity index (χ1) is 14.7. The van der Waals surface area contributed by atoms with Crippen molar-refractivity contribution in [3.63, 3.8) is 0 Å². The average Bonchev–Trinajstić information content (AvgIpc) is 3.45. The Hall–Kier alpha value is -3.95. The number of rotatable bonds is 9. The number of carbonyl (C=O) groups excluding carboxylic acids is 1. The molecule has 1 aromatic carbocycles. The molecule has 10 heteroatoms. The van der Waals surface area contributed by atoms with Crippen LogP contribution in [0.5, 0.6) is 0 Å². The summed E-state index contributed by atoms with van der Waals surface area (Å²) in [6, 6.07) is 11.0. The minimum atomic E-state index is -0.218. The number of nitrogens with one attached hydrogen (secondary N) is 4. The first-order valence-corrected chi connectivity index (χ1v) is 9.65. The zero-order valence-electron chi connectivity index (χ0n) is 16.1. The number of anilines is 1. The van der Waals surface area contributed by atoms with Gasteiger partial charge in [-0.3, -0.25) is 9.59 Å². The first kappa shape index (κ1) is 19.4. The van der Waals surface area contributed by atoms with Crippen LogP contribution in [0.4, 0.5) is 5.82 Å². The minimum absolute atomic E-state index is 0.0813. The Kier molecular flexibility index (Phi) is 5.83. The molecule has 4 N–H and O–H groups in total. The van der Waals surface area contributed by atoms with Gasteiger partial charge in [0, 0.05) is 37.5 Å². The second-order valence-electron chi connectivity index (χ2n) is 6.67. The molecule has 0 fully saturated rings. The van der Waals surface area contributed by atoms with E-state index < -0.39 is 0 Å². The quantitative estimate of drug-likeness (QED) is 0.310. The number of hydrogen-bond donors (Lipinski definition) is 4. The van der Waals surface area contributed by atoms with E-state index in [-0.39, 0.29) is 17.9 Å². The van der Waals surface area contributed by atoms with E-state index in [0.717, 1.165) is 11.1 Å². The van der Waals surface area contributed by atoms with Crippen LogP contribution >= 0.6 is 0 Å². The van der Waals surface area contributed by atoms with Gasteiger partial charge < -0.3 is 20.1 Å². The molecule has 30 heavy (non-hydrogen) atoms. The number of carbonyl (C=O) groups is 1. The molecular formula is C20H21N7O3. The van der Waals surface area contributed by atoms with Crippen LogP contribution in [0.15, 0.2) is 51.9 Å². The van der Waals surface area contributed by atoms with E-state index in [1.54, 1.807) is 12.3 Å². The van der Waals surface area contributed by atoms with Crippen molar-refractivity contribution in [2.24, 2.45) is 0 Å². The van der Waals surface area contributed by atoms with Crippen molar-refractivity contribution >= 4 is 22.5 Å². The van der Waals surface area contributed by atoms with Crippen molar-refractivity contribution in [3.8, 4) is 11.5 Å². The number of H-pyrrole nitrogens is 2. The summed E-state index contributed by atoms with van der Waals surface area (Å²) in [4.78, 5) is 31.1. The van der Waals surface area contributed by atoms with Crippen molar-refractivity contribution in [1.29, 1.82) is 0 Å². The van der Waals surface area contributed by atoms with Gasteiger partial charge in [0.15, 0.2) is 5.82 Å². The lowest BCUT2D eigenvalue weighted by atomic mass is 10.2. The summed E-state index contributed by atoms with van der Waals surface area (Å²) in [6.07, 6.45) is 3.14. The molecule has 0 spiro atoms. The highest BCUT2D eigenvalue weighted by molar-refractivity contribution is 5.90. The largest absolute Gasteiger partial charge is 0.368 e. The van der Waals surface area contributed by atoms with Crippen LogP contribution in [0.1, 0.15) is 18.7 Å². The fraction of sp³-hybridized carbons (Fsp3) is 0.250. The lowest BCUT2D eigenvalue weighted by molar-refractivity contribution is -0.121. The van der Waals surface area contributed by atoms with Crippen LogP contribution in [0.25, 0.3) is 22.3 Å². The predicted molar refractivity (Wildman–Crippen MR) is 111 cm³/mol. The van der Waals surface area contributed by atoms with E-state index in [9.17, 15) is 9.59 Å². The molecule has 0 aliphatic heterocycles. The van der Waals surface area contributed by atoms with Crippen molar-refractivity contribution in [2.45, 2.75) is 19.3 Å². The number of aromatic amines is 2. The Morgan fingerprint density at radius 2 is 1.97 bits per heavy atom. The van der Waals surface area contributed by atoms with E-state index in [0.29, 0.717) is 48.9 Å². The highest BCUT2D eigenvalue weighted by Gasteiger charge is 2.11. The highest BCUT2D eigenvalue weighted by Crippen LogP contribution is 2.16. The maximum atomic E-state index is 12.0. The zero-order valence-corrected chi connectivity index (χ0v) is 16.1. The standard InChI is InChI=1S/C20H21N7O3/c28-16(8-9-17-24-19(27-30-17)15-7-3-10-21-15)22-11-4-12-23-18-13-5-1-2-6-14(13)20(29)26-25-18/h1-3,5-7,10,21H,4,8-9,11-12H2,(H,22,28)(H,23,25)(H,26,29). The van der Waals surface area contributed by atoms with Gasteiger partial charge in [0.05, 0.1) is 11.1 Å². The fourth-order valence-electron chi connectivity index (χ4n) is 3.02. The Bertz CT molecular complexity index is 1180.